The first-order chi connectivity index (χ1) is 19.5. The van der Waals surface area contributed by atoms with Gasteiger partial charge >= 0.3 is 0 Å². The molecule has 3 heteroatoms. The highest BCUT2D eigenvalue weighted by Crippen LogP contribution is 2.41. The van der Waals surface area contributed by atoms with Crippen molar-refractivity contribution in [2.45, 2.75) is 33.5 Å². The third-order valence-electron chi connectivity index (χ3n) is 5.92. The van der Waals surface area contributed by atoms with Crippen molar-refractivity contribution in [2.24, 2.45) is 7.05 Å². The minimum absolute atomic E-state index is 0.0744. The van der Waals surface area contributed by atoms with Crippen LogP contribution in [0.1, 0.15) is 54.3 Å². The van der Waals surface area contributed by atoms with E-state index in [-0.39, 0.29) is 27.8 Å². The lowest BCUT2D eigenvalue weighted by Crippen LogP contribution is -2.32. The summed E-state index contributed by atoms with van der Waals surface area (Å²) in [6.07, 6.45) is 1.51. The van der Waals surface area contributed by atoms with Crippen molar-refractivity contribution in [3.05, 3.63) is 89.0 Å². The molecule has 33 heavy (non-hydrogen) atoms. The first kappa shape index (κ1) is 13.0. The summed E-state index contributed by atoms with van der Waals surface area (Å²) in [5.74, 6) is -1.22. The third kappa shape index (κ3) is 3.39. The number of hydrogen-bond donors (Lipinski definition) is 0. The average Bonchev–Trinajstić information content (AvgIpc) is 3.28. The van der Waals surface area contributed by atoms with E-state index in [9.17, 15) is 5.26 Å². The van der Waals surface area contributed by atoms with Crippen LogP contribution in [0.2, 0.25) is 0 Å². The molecule has 0 aliphatic carbocycles. The molecule has 0 spiro atoms. The maximum Gasteiger partial charge on any atom is 0.216 e. The van der Waals surface area contributed by atoms with Crippen molar-refractivity contribution >= 4 is 21.9 Å². The highest BCUT2D eigenvalue weighted by Gasteiger charge is 2.24. The number of hydrogen-bond acceptors (Lipinski definition) is 2. The molecular formula is C30H27N2O+. The van der Waals surface area contributed by atoms with E-state index in [2.05, 4.69) is 6.07 Å². The highest BCUT2D eigenvalue weighted by atomic mass is 16.3. The summed E-state index contributed by atoms with van der Waals surface area (Å²) in [5, 5.41) is 11.0. The number of fused-ring (bicyclic) bond motifs is 3. The monoisotopic (exact) mass is 440 g/mol. The lowest BCUT2D eigenvalue weighted by Gasteiger charge is -2.12. The zero-order valence-corrected chi connectivity index (χ0v) is 18.8. The molecule has 0 aliphatic rings. The number of nitriles is 1. The van der Waals surface area contributed by atoms with Crippen LogP contribution in [-0.4, -0.2) is 0 Å². The van der Waals surface area contributed by atoms with Crippen LogP contribution in [0.5, 0.6) is 0 Å². The molecule has 0 saturated carbocycles. The Morgan fingerprint density at radius 2 is 1.85 bits per heavy atom. The van der Waals surface area contributed by atoms with Gasteiger partial charge in [-0.05, 0) is 48.5 Å². The molecule has 0 bridgehead atoms. The number of pyridine rings is 1. The fourth-order valence-electron chi connectivity index (χ4n) is 4.30. The smallest absolute Gasteiger partial charge is 0.216 e. The van der Waals surface area contributed by atoms with Crippen molar-refractivity contribution in [1.29, 1.82) is 5.26 Å². The Labute approximate surface area is 207 Å². The summed E-state index contributed by atoms with van der Waals surface area (Å²) in [7, 11) is 1.72. The van der Waals surface area contributed by atoms with Crippen LogP contribution >= 0.6 is 0 Å². The Hall–Kier alpha value is -3.90. The van der Waals surface area contributed by atoms with Crippen molar-refractivity contribution in [3.63, 3.8) is 0 Å². The highest BCUT2D eigenvalue weighted by molar-refractivity contribution is 6.13. The number of nitrogens with zero attached hydrogens (tertiary/aromatic N) is 2. The Morgan fingerprint density at radius 1 is 1.06 bits per heavy atom. The first-order valence-corrected chi connectivity index (χ1v) is 10.5. The van der Waals surface area contributed by atoms with E-state index < -0.39 is 43.0 Å². The molecule has 3 aromatic carbocycles. The minimum Gasteiger partial charge on any atom is -0.454 e. The zero-order chi connectivity index (χ0) is 31.0. The van der Waals surface area contributed by atoms with Crippen LogP contribution in [0.4, 0.5) is 0 Å². The van der Waals surface area contributed by atoms with E-state index in [4.69, 9.17) is 16.8 Å². The maximum absolute atomic E-state index is 9.84. The molecule has 0 saturated heterocycles. The maximum atomic E-state index is 9.84. The van der Waals surface area contributed by atoms with Gasteiger partial charge in [-0.2, -0.15) is 5.26 Å². The number of rotatable bonds is 3. The number of aryl methyl sites for hydroxylation is 3. The van der Waals surface area contributed by atoms with E-state index in [0.717, 1.165) is 5.56 Å². The molecule has 0 radical (unpaired) electrons. The number of furan rings is 1. The van der Waals surface area contributed by atoms with Gasteiger partial charge in [0.1, 0.15) is 18.2 Å². The van der Waals surface area contributed by atoms with Gasteiger partial charge in [0.25, 0.3) is 0 Å². The topological polar surface area (TPSA) is 40.8 Å². The fraction of sp³-hybridized carbons (Fsp3) is 0.200. The quantitative estimate of drug-likeness (QED) is 0.275. The molecule has 5 aromatic rings. The Bertz CT molecular complexity index is 1970. The van der Waals surface area contributed by atoms with Crippen LogP contribution in [-0.2, 0) is 7.05 Å². The zero-order valence-electron chi connectivity index (χ0n) is 27.8. The lowest BCUT2D eigenvalue weighted by atomic mass is 9.94. The van der Waals surface area contributed by atoms with Crippen LogP contribution in [0, 0.1) is 25.1 Å². The predicted octanol–water partition coefficient (Wildman–Crippen LogP) is 7.36. The van der Waals surface area contributed by atoms with Gasteiger partial charge < -0.3 is 4.42 Å². The molecule has 2 aromatic heterocycles. The molecule has 0 atom stereocenters. The summed E-state index contributed by atoms with van der Waals surface area (Å²) in [6, 6.07) is 8.24. The molecule has 162 valence electrons. The Balaban J connectivity index is 1.93. The Morgan fingerprint density at radius 3 is 2.55 bits per heavy atom. The second-order valence-corrected chi connectivity index (χ2v) is 8.35. The van der Waals surface area contributed by atoms with Crippen molar-refractivity contribution < 1.29 is 21.3 Å². The summed E-state index contributed by atoms with van der Waals surface area (Å²) < 4.78 is 82.4. The van der Waals surface area contributed by atoms with Gasteiger partial charge in [0.2, 0.25) is 5.69 Å². The second-order valence-electron chi connectivity index (χ2n) is 8.35. The van der Waals surface area contributed by atoms with Crippen LogP contribution in [0.15, 0.2) is 71.2 Å². The molecule has 0 aliphatic heterocycles. The molecule has 0 unspecified atom stereocenters. The van der Waals surface area contributed by atoms with Gasteiger partial charge in [-0.25, -0.2) is 4.57 Å². The van der Waals surface area contributed by atoms with Gasteiger partial charge in [-0.15, -0.1) is 0 Å². The van der Waals surface area contributed by atoms with Crippen LogP contribution in [0.25, 0.3) is 44.3 Å². The SMILES string of the molecule is [2H]c1c([2H])c([2H])c(-c2cc(C#N)cc3c2oc2c(-c4cc(C([2H])(C)C)c(C([2H])([2H])[2H])c[n+]4C)c(C)ccc23)c([2H])c1[2H]. The van der Waals surface area contributed by atoms with Gasteiger partial charge in [0.05, 0.1) is 24.0 Å². The fourth-order valence-corrected chi connectivity index (χ4v) is 4.30. The van der Waals surface area contributed by atoms with Crippen molar-refractivity contribution in [3.8, 4) is 28.5 Å². The standard InChI is InChI=1S/C30H27N2O/c1-18(2)24-15-27(32(5)17-20(24)4)28-19(3)11-12-23-26-14-21(16-31)13-25(29(26)33-30(23)28)22-9-7-6-8-10-22/h6-15,17-18H,1-5H3/q+1/i4D3,6D,7D,8D,9D,10D,18D. The van der Waals surface area contributed by atoms with Gasteiger partial charge in [0.15, 0.2) is 6.20 Å². The molecule has 2 heterocycles. The average molecular weight is 441 g/mol. The molecule has 0 amide bonds. The summed E-state index contributed by atoms with van der Waals surface area (Å²) in [4.78, 5) is 0. The number of benzene rings is 3. The van der Waals surface area contributed by atoms with Gasteiger partial charge in [-0.3, -0.25) is 0 Å². The third-order valence-corrected chi connectivity index (χ3v) is 5.92. The van der Waals surface area contributed by atoms with E-state index in [1.807, 2.05) is 19.1 Å². The molecule has 0 fully saturated rings. The number of aromatic nitrogens is 1. The molecular weight excluding hydrogens is 404 g/mol. The van der Waals surface area contributed by atoms with E-state index in [1.165, 1.54) is 12.3 Å². The molecule has 5 rings (SSSR count). The first-order valence-electron chi connectivity index (χ1n) is 15.0. The van der Waals surface area contributed by atoms with E-state index >= 15 is 0 Å². The molecule has 0 N–H and O–H groups in total. The van der Waals surface area contributed by atoms with Crippen LogP contribution in [0.3, 0.4) is 0 Å². The largest absolute Gasteiger partial charge is 0.454 e. The minimum atomic E-state index is -2.43. The van der Waals surface area contributed by atoms with Gasteiger partial charge in [0, 0.05) is 33.4 Å². The summed E-state index contributed by atoms with van der Waals surface area (Å²) in [6.45, 7) is 2.71. The Kier molecular flexibility index (Phi) is 3.10. The van der Waals surface area contributed by atoms with Gasteiger partial charge in [-0.1, -0.05) is 56.2 Å². The second kappa shape index (κ2) is 7.90. The predicted molar refractivity (Wildman–Crippen MR) is 134 cm³/mol. The lowest BCUT2D eigenvalue weighted by molar-refractivity contribution is -0.660. The molecule has 3 nitrogen and oxygen atoms in total. The van der Waals surface area contributed by atoms with E-state index in [1.54, 1.807) is 37.6 Å². The van der Waals surface area contributed by atoms with Crippen molar-refractivity contribution in [1.82, 2.24) is 0 Å². The normalized spacial score (nSPS) is 16.0. The summed E-state index contributed by atoms with van der Waals surface area (Å²) >= 11 is 0. The van der Waals surface area contributed by atoms with Crippen molar-refractivity contribution in [2.75, 3.05) is 0 Å². The summed E-state index contributed by atoms with van der Waals surface area (Å²) in [5.41, 5.74) is 3.46. The van der Waals surface area contributed by atoms with Crippen LogP contribution < -0.4 is 4.57 Å². The van der Waals surface area contributed by atoms with E-state index in [0.29, 0.717) is 33.2 Å².